The third kappa shape index (κ3) is 3.93. The molecule has 0 spiro atoms. The van der Waals surface area contributed by atoms with Gasteiger partial charge in [0, 0.05) is 18.6 Å². The normalized spacial score (nSPS) is 18.7. The van der Waals surface area contributed by atoms with E-state index in [-0.39, 0.29) is 24.0 Å². The van der Waals surface area contributed by atoms with Crippen molar-refractivity contribution in [2.45, 2.75) is 24.7 Å². The van der Waals surface area contributed by atoms with Crippen molar-refractivity contribution < 1.29 is 27.1 Å². The first kappa shape index (κ1) is 15.3. The van der Waals surface area contributed by atoms with Crippen molar-refractivity contribution >= 4 is 12.1 Å². The van der Waals surface area contributed by atoms with Crippen LogP contribution in [0.1, 0.15) is 17.9 Å². The average Bonchev–Trinajstić information content (AvgIpc) is 2.45. The molecule has 0 radical (unpaired) electrons. The van der Waals surface area contributed by atoms with Crippen molar-refractivity contribution in [3.63, 3.8) is 0 Å². The Morgan fingerprint density at radius 3 is 2.57 bits per heavy atom. The third-order valence-corrected chi connectivity index (χ3v) is 2.91. The lowest BCUT2D eigenvalue weighted by molar-refractivity contribution is -0.148. The van der Waals surface area contributed by atoms with Crippen molar-refractivity contribution in [2.24, 2.45) is 5.10 Å². The first-order valence-electron chi connectivity index (χ1n) is 6.09. The molecular formula is C13H12F4N2O2. The van der Waals surface area contributed by atoms with Crippen molar-refractivity contribution in [1.82, 2.24) is 5.43 Å². The Hall–Kier alpha value is -2.12. The predicted octanol–water partition coefficient (Wildman–Crippen LogP) is 2.56. The molecule has 1 amide bonds. The summed E-state index contributed by atoms with van der Waals surface area (Å²) >= 11 is 0. The molecule has 0 aromatic heterocycles. The van der Waals surface area contributed by atoms with Gasteiger partial charge in [0.15, 0.2) is 6.61 Å². The second-order valence-electron chi connectivity index (χ2n) is 4.54. The quantitative estimate of drug-likeness (QED) is 0.850. The molecule has 0 saturated heterocycles. The van der Waals surface area contributed by atoms with E-state index in [1.807, 2.05) is 0 Å². The van der Waals surface area contributed by atoms with Crippen LogP contribution in [-0.4, -0.2) is 31.1 Å². The maximum absolute atomic E-state index is 12.7. The van der Waals surface area contributed by atoms with Crippen LogP contribution in [0.3, 0.4) is 0 Å². The third-order valence-electron chi connectivity index (χ3n) is 2.91. The molecule has 1 aliphatic heterocycles. The fourth-order valence-electron chi connectivity index (χ4n) is 1.76. The molecule has 1 aromatic carbocycles. The van der Waals surface area contributed by atoms with E-state index in [4.69, 9.17) is 0 Å². The van der Waals surface area contributed by atoms with Crippen molar-refractivity contribution in [3.8, 4) is 5.75 Å². The molecule has 0 aliphatic carbocycles. The van der Waals surface area contributed by atoms with E-state index >= 15 is 0 Å². The van der Waals surface area contributed by atoms with Gasteiger partial charge in [-0.1, -0.05) is 12.1 Å². The monoisotopic (exact) mass is 304 g/mol. The number of ether oxygens (including phenoxy) is 1. The van der Waals surface area contributed by atoms with Gasteiger partial charge in [-0.3, -0.25) is 4.79 Å². The molecule has 114 valence electrons. The summed E-state index contributed by atoms with van der Waals surface area (Å²) in [5, 5.41) is 3.69. The number of amides is 1. The minimum Gasteiger partial charge on any atom is -0.487 e. The number of nitrogens with zero attached hydrogens (tertiary/aromatic N) is 1. The lowest BCUT2D eigenvalue weighted by Gasteiger charge is -2.17. The number of hydrazone groups is 1. The highest BCUT2D eigenvalue weighted by atomic mass is 19.3. The predicted molar refractivity (Wildman–Crippen MR) is 66.9 cm³/mol. The summed E-state index contributed by atoms with van der Waals surface area (Å²) in [6.45, 7) is -1.39. The molecule has 21 heavy (non-hydrogen) atoms. The summed E-state index contributed by atoms with van der Waals surface area (Å²) in [6.07, 6.45) is -1.98. The lowest BCUT2D eigenvalue weighted by Crippen LogP contribution is -2.33. The number of rotatable bonds is 5. The molecule has 1 heterocycles. The first-order chi connectivity index (χ1) is 9.88. The maximum Gasteiger partial charge on any atom is 0.340 e. The Morgan fingerprint density at radius 2 is 2.00 bits per heavy atom. The number of benzene rings is 1. The molecule has 8 heteroatoms. The van der Waals surface area contributed by atoms with Crippen LogP contribution in [0, 0.1) is 0 Å². The lowest BCUT2D eigenvalue weighted by atomic mass is 9.96. The van der Waals surface area contributed by atoms with Crippen molar-refractivity contribution in [3.05, 3.63) is 29.8 Å². The molecule has 1 aromatic rings. The van der Waals surface area contributed by atoms with E-state index in [2.05, 4.69) is 15.3 Å². The molecule has 1 aliphatic rings. The standard InChI is InChI=1S/C13H12F4N2O2/c14-12(15)13(16,17)7-21-10-3-1-8(2-4-10)9-5-11(20)19-18-6-9/h1-4,6,9,12H,5,7H2,(H,19,20). The van der Waals surface area contributed by atoms with Crippen LogP contribution in [0.4, 0.5) is 17.6 Å². The van der Waals surface area contributed by atoms with Gasteiger partial charge < -0.3 is 4.74 Å². The van der Waals surface area contributed by atoms with Gasteiger partial charge >= 0.3 is 12.3 Å². The van der Waals surface area contributed by atoms with E-state index in [9.17, 15) is 22.4 Å². The minimum atomic E-state index is -4.19. The molecule has 2 rings (SSSR count). The second kappa shape index (κ2) is 6.11. The van der Waals surface area contributed by atoms with E-state index in [1.54, 1.807) is 18.3 Å². The summed E-state index contributed by atoms with van der Waals surface area (Å²) < 4.78 is 54.0. The molecule has 1 unspecified atom stereocenters. The van der Waals surface area contributed by atoms with Crippen molar-refractivity contribution in [1.29, 1.82) is 0 Å². The highest BCUT2D eigenvalue weighted by Crippen LogP contribution is 2.26. The zero-order valence-corrected chi connectivity index (χ0v) is 10.7. The zero-order valence-electron chi connectivity index (χ0n) is 10.7. The SMILES string of the molecule is O=C1CC(c2ccc(OCC(F)(F)C(F)F)cc2)C=NN1. The van der Waals surface area contributed by atoms with Crippen LogP contribution < -0.4 is 10.2 Å². The van der Waals surface area contributed by atoms with Gasteiger partial charge in [0.2, 0.25) is 5.91 Å². The molecule has 0 saturated carbocycles. The number of halogens is 4. The van der Waals surface area contributed by atoms with Gasteiger partial charge in [-0.25, -0.2) is 14.2 Å². The van der Waals surface area contributed by atoms with E-state index in [1.165, 1.54) is 12.1 Å². The number of hydrogen-bond acceptors (Lipinski definition) is 3. The largest absolute Gasteiger partial charge is 0.487 e. The van der Waals surface area contributed by atoms with Crippen LogP contribution >= 0.6 is 0 Å². The molecule has 1 N–H and O–H groups in total. The number of alkyl halides is 4. The maximum atomic E-state index is 12.7. The molecule has 4 nitrogen and oxygen atoms in total. The van der Waals surface area contributed by atoms with Gasteiger partial charge in [-0.15, -0.1) is 0 Å². The summed E-state index contributed by atoms with van der Waals surface area (Å²) in [5.41, 5.74) is 3.04. The van der Waals surface area contributed by atoms with Crippen LogP contribution in [0.5, 0.6) is 5.75 Å². The van der Waals surface area contributed by atoms with Gasteiger partial charge in [0.05, 0.1) is 0 Å². The van der Waals surface area contributed by atoms with E-state index < -0.39 is 19.0 Å². The number of hydrogen-bond donors (Lipinski definition) is 1. The Bertz CT molecular complexity index is 531. The second-order valence-corrected chi connectivity index (χ2v) is 4.54. The average molecular weight is 304 g/mol. The van der Waals surface area contributed by atoms with Crippen LogP contribution in [-0.2, 0) is 4.79 Å². The fourth-order valence-corrected chi connectivity index (χ4v) is 1.76. The smallest absolute Gasteiger partial charge is 0.340 e. The van der Waals surface area contributed by atoms with Crippen LogP contribution in [0.15, 0.2) is 29.4 Å². The van der Waals surface area contributed by atoms with Gasteiger partial charge in [-0.05, 0) is 17.7 Å². The Balaban J connectivity index is 1.98. The fraction of sp³-hybridized carbons (Fsp3) is 0.385. The summed E-state index contributed by atoms with van der Waals surface area (Å²) in [5.74, 6) is -4.57. The molecule has 0 bridgehead atoms. The van der Waals surface area contributed by atoms with Crippen LogP contribution in [0.2, 0.25) is 0 Å². The van der Waals surface area contributed by atoms with Gasteiger partial charge in [-0.2, -0.15) is 13.9 Å². The summed E-state index contributed by atoms with van der Waals surface area (Å²) in [7, 11) is 0. The van der Waals surface area contributed by atoms with Crippen molar-refractivity contribution in [2.75, 3.05) is 6.61 Å². The Kier molecular flexibility index (Phi) is 4.44. The van der Waals surface area contributed by atoms with Gasteiger partial charge in [0.1, 0.15) is 5.75 Å². The molecular weight excluding hydrogens is 292 g/mol. The zero-order chi connectivity index (χ0) is 15.5. The van der Waals surface area contributed by atoms with E-state index in [0.29, 0.717) is 0 Å². The molecule has 0 fully saturated rings. The number of carbonyl (C=O) groups is 1. The highest BCUT2D eigenvalue weighted by molar-refractivity contribution is 5.86. The van der Waals surface area contributed by atoms with Crippen LogP contribution in [0.25, 0.3) is 0 Å². The topological polar surface area (TPSA) is 50.7 Å². The summed E-state index contributed by atoms with van der Waals surface area (Å²) in [6, 6.07) is 5.92. The van der Waals surface area contributed by atoms with Gasteiger partial charge in [0.25, 0.3) is 0 Å². The summed E-state index contributed by atoms with van der Waals surface area (Å²) in [4.78, 5) is 11.2. The highest BCUT2D eigenvalue weighted by Gasteiger charge is 2.41. The van der Waals surface area contributed by atoms with E-state index in [0.717, 1.165) is 5.56 Å². The Labute approximate surface area is 117 Å². The number of carbonyl (C=O) groups excluding carboxylic acids is 1. The number of nitrogens with one attached hydrogen (secondary N) is 1. The first-order valence-corrected chi connectivity index (χ1v) is 6.09. The Morgan fingerprint density at radius 1 is 1.33 bits per heavy atom. The minimum absolute atomic E-state index is 0.0521. The molecule has 1 atom stereocenters.